The molecule has 1 N–H and O–H groups in total. The molecule has 1 aromatic carbocycles. The van der Waals surface area contributed by atoms with Crippen LogP contribution in [-0.4, -0.2) is 11.6 Å². The Labute approximate surface area is 114 Å². The van der Waals surface area contributed by atoms with Crippen LogP contribution in [0.25, 0.3) is 0 Å². The Morgan fingerprint density at radius 2 is 1.95 bits per heavy atom. The van der Waals surface area contributed by atoms with Gasteiger partial charge in [-0.1, -0.05) is 36.8 Å². The number of aryl methyl sites for hydroxylation is 1. The van der Waals surface area contributed by atoms with Gasteiger partial charge in [0.05, 0.1) is 6.61 Å². The van der Waals surface area contributed by atoms with E-state index in [1.165, 1.54) is 11.1 Å². The summed E-state index contributed by atoms with van der Waals surface area (Å²) >= 11 is 0. The first-order valence-corrected chi connectivity index (χ1v) is 6.67. The lowest BCUT2D eigenvalue weighted by Gasteiger charge is -2.11. The average molecular weight is 256 g/mol. The number of rotatable bonds is 6. The number of nitrogens with zero attached hydrogens (tertiary/aromatic N) is 1. The molecule has 3 nitrogen and oxygen atoms in total. The second-order valence-corrected chi connectivity index (χ2v) is 4.54. The molecule has 0 radical (unpaired) electrons. The van der Waals surface area contributed by atoms with Gasteiger partial charge < -0.3 is 10.1 Å². The van der Waals surface area contributed by atoms with Crippen LogP contribution in [0.15, 0.2) is 42.6 Å². The summed E-state index contributed by atoms with van der Waals surface area (Å²) in [6.07, 6.45) is 2.77. The van der Waals surface area contributed by atoms with Crippen molar-refractivity contribution in [3.05, 3.63) is 53.7 Å². The molecule has 0 fully saturated rings. The zero-order chi connectivity index (χ0) is 13.5. The molecule has 100 valence electrons. The number of anilines is 1. The molecule has 0 aliphatic carbocycles. The minimum atomic E-state index is 0.713. The van der Waals surface area contributed by atoms with Gasteiger partial charge in [-0.3, -0.25) is 0 Å². The van der Waals surface area contributed by atoms with Gasteiger partial charge in [-0.15, -0.1) is 0 Å². The lowest BCUT2D eigenvalue weighted by Crippen LogP contribution is -2.05. The molecule has 0 atom stereocenters. The van der Waals surface area contributed by atoms with Crippen LogP contribution in [0.4, 0.5) is 5.82 Å². The molecular formula is C16H20N2O. The van der Waals surface area contributed by atoms with Crippen LogP contribution >= 0.6 is 0 Å². The molecule has 0 bridgehead atoms. The van der Waals surface area contributed by atoms with Gasteiger partial charge in [0.1, 0.15) is 0 Å². The molecule has 1 aromatic heterocycles. The molecule has 0 spiro atoms. The van der Waals surface area contributed by atoms with Crippen LogP contribution in [0.2, 0.25) is 0 Å². The zero-order valence-electron chi connectivity index (χ0n) is 11.5. The van der Waals surface area contributed by atoms with Crippen molar-refractivity contribution in [2.75, 3.05) is 11.9 Å². The monoisotopic (exact) mass is 256 g/mol. The minimum Gasteiger partial charge on any atom is -0.490 e. The van der Waals surface area contributed by atoms with Crippen LogP contribution in [0.5, 0.6) is 5.75 Å². The fraction of sp³-hybridized carbons (Fsp3) is 0.312. The van der Waals surface area contributed by atoms with Gasteiger partial charge in [0.25, 0.3) is 0 Å². The molecular weight excluding hydrogens is 236 g/mol. The predicted molar refractivity (Wildman–Crippen MR) is 78.5 cm³/mol. The highest BCUT2D eigenvalue weighted by molar-refractivity contribution is 5.49. The van der Waals surface area contributed by atoms with E-state index >= 15 is 0 Å². The van der Waals surface area contributed by atoms with E-state index in [2.05, 4.69) is 48.4 Å². The second-order valence-electron chi connectivity index (χ2n) is 4.54. The summed E-state index contributed by atoms with van der Waals surface area (Å²) in [5.41, 5.74) is 2.51. The molecule has 0 aliphatic heterocycles. The molecule has 0 unspecified atom stereocenters. The third-order valence-electron chi connectivity index (χ3n) is 2.81. The van der Waals surface area contributed by atoms with Crippen LogP contribution in [0.1, 0.15) is 24.5 Å². The first-order chi connectivity index (χ1) is 9.29. The van der Waals surface area contributed by atoms with Gasteiger partial charge >= 0.3 is 0 Å². The van der Waals surface area contributed by atoms with E-state index in [1.54, 1.807) is 6.20 Å². The number of nitrogens with one attached hydrogen (secondary N) is 1. The minimum absolute atomic E-state index is 0.713. The topological polar surface area (TPSA) is 34.1 Å². The smallest absolute Gasteiger partial charge is 0.169 e. The molecule has 0 aliphatic rings. The molecule has 19 heavy (non-hydrogen) atoms. The third kappa shape index (κ3) is 3.98. The highest BCUT2D eigenvalue weighted by Gasteiger charge is 2.03. The number of ether oxygens (including phenoxy) is 1. The standard InChI is InChI=1S/C16H20N2O/c1-3-11-19-15-5-4-10-17-16(15)18-12-14-8-6-13(2)7-9-14/h4-10H,3,11-12H2,1-2H3,(H,17,18). The van der Waals surface area contributed by atoms with Crippen molar-refractivity contribution in [2.45, 2.75) is 26.8 Å². The third-order valence-corrected chi connectivity index (χ3v) is 2.81. The van der Waals surface area contributed by atoms with Gasteiger partial charge in [-0.05, 0) is 31.0 Å². The van der Waals surface area contributed by atoms with E-state index in [4.69, 9.17) is 4.74 Å². The van der Waals surface area contributed by atoms with Crippen LogP contribution in [-0.2, 0) is 6.54 Å². The number of hydrogen-bond donors (Lipinski definition) is 1. The fourth-order valence-corrected chi connectivity index (χ4v) is 1.74. The number of benzene rings is 1. The lowest BCUT2D eigenvalue weighted by molar-refractivity contribution is 0.318. The van der Waals surface area contributed by atoms with Crippen molar-refractivity contribution < 1.29 is 4.74 Å². The fourth-order valence-electron chi connectivity index (χ4n) is 1.74. The van der Waals surface area contributed by atoms with E-state index in [0.717, 1.165) is 24.5 Å². The van der Waals surface area contributed by atoms with Crippen LogP contribution in [0, 0.1) is 6.92 Å². The summed E-state index contributed by atoms with van der Waals surface area (Å²) in [5.74, 6) is 1.62. The maximum Gasteiger partial charge on any atom is 0.169 e. The van der Waals surface area contributed by atoms with E-state index in [9.17, 15) is 0 Å². The van der Waals surface area contributed by atoms with Gasteiger partial charge in [-0.25, -0.2) is 4.98 Å². The van der Waals surface area contributed by atoms with E-state index < -0.39 is 0 Å². The molecule has 0 amide bonds. The Hall–Kier alpha value is -2.03. The lowest BCUT2D eigenvalue weighted by atomic mass is 10.1. The molecule has 2 rings (SSSR count). The average Bonchev–Trinajstić information content (AvgIpc) is 2.45. The Balaban J connectivity index is 2.00. The quantitative estimate of drug-likeness (QED) is 0.853. The highest BCUT2D eigenvalue weighted by Crippen LogP contribution is 2.21. The SMILES string of the molecule is CCCOc1cccnc1NCc1ccc(C)cc1. The van der Waals surface area contributed by atoms with Crippen molar-refractivity contribution in [1.29, 1.82) is 0 Å². The van der Waals surface area contributed by atoms with Crippen LogP contribution < -0.4 is 10.1 Å². The number of pyridine rings is 1. The Bertz CT molecular complexity index is 508. The predicted octanol–water partition coefficient (Wildman–Crippen LogP) is 3.79. The van der Waals surface area contributed by atoms with Crippen molar-refractivity contribution in [3.63, 3.8) is 0 Å². The normalized spacial score (nSPS) is 10.2. The summed E-state index contributed by atoms with van der Waals surface area (Å²) in [7, 11) is 0. The molecule has 0 saturated heterocycles. The largest absolute Gasteiger partial charge is 0.490 e. The van der Waals surface area contributed by atoms with E-state index in [1.807, 2.05) is 12.1 Å². The van der Waals surface area contributed by atoms with Gasteiger partial charge in [-0.2, -0.15) is 0 Å². The molecule has 3 heteroatoms. The van der Waals surface area contributed by atoms with Crippen LogP contribution in [0.3, 0.4) is 0 Å². The maximum atomic E-state index is 5.67. The molecule has 0 saturated carbocycles. The van der Waals surface area contributed by atoms with Gasteiger partial charge in [0, 0.05) is 12.7 Å². The summed E-state index contributed by atoms with van der Waals surface area (Å²) in [5, 5.41) is 3.32. The van der Waals surface area contributed by atoms with Crippen molar-refractivity contribution in [1.82, 2.24) is 4.98 Å². The molecule has 2 aromatic rings. The Morgan fingerprint density at radius 3 is 2.68 bits per heavy atom. The summed E-state index contributed by atoms with van der Waals surface area (Å²) in [4.78, 5) is 4.33. The number of hydrogen-bond acceptors (Lipinski definition) is 3. The Kier molecular flexibility index (Phi) is 4.78. The van der Waals surface area contributed by atoms with E-state index in [-0.39, 0.29) is 0 Å². The second kappa shape index (κ2) is 6.78. The van der Waals surface area contributed by atoms with Crippen molar-refractivity contribution in [3.8, 4) is 5.75 Å². The summed E-state index contributed by atoms with van der Waals surface area (Å²) < 4.78 is 5.67. The zero-order valence-corrected chi connectivity index (χ0v) is 11.5. The van der Waals surface area contributed by atoms with Gasteiger partial charge in [0.2, 0.25) is 0 Å². The maximum absolute atomic E-state index is 5.67. The molecule has 1 heterocycles. The van der Waals surface area contributed by atoms with Crippen molar-refractivity contribution in [2.24, 2.45) is 0 Å². The summed E-state index contributed by atoms with van der Waals surface area (Å²) in [6, 6.07) is 12.3. The number of aromatic nitrogens is 1. The first kappa shape index (κ1) is 13.4. The first-order valence-electron chi connectivity index (χ1n) is 6.67. The van der Waals surface area contributed by atoms with Crippen molar-refractivity contribution >= 4 is 5.82 Å². The van der Waals surface area contributed by atoms with Gasteiger partial charge in [0.15, 0.2) is 11.6 Å². The highest BCUT2D eigenvalue weighted by atomic mass is 16.5. The Morgan fingerprint density at radius 1 is 1.16 bits per heavy atom. The van der Waals surface area contributed by atoms with E-state index in [0.29, 0.717) is 6.61 Å². The summed E-state index contributed by atoms with van der Waals surface area (Å²) in [6.45, 7) is 5.65.